The Morgan fingerprint density at radius 3 is 2.56 bits per heavy atom. The molecule has 0 heterocycles. The Hall–Kier alpha value is -1.82. The van der Waals surface area contributed by atoms with Crippen LogP contribution < -0.4 is 21.1 Å². The first-order chi connectivity index (χ1) is 8.52. The maximum Gasteiger partial charge on any atom is 0.319 e. The summed E-state index contributed by atoms with van der Waals surface area (Å²) in [6, 6.07) is 6.77. The zero-order valence-electron chi connectivity index (χ0n) is 10.4. The topological polar surface area (TPSA) is 76.4 Å². The summed E-state index contributed by atoms with van der Waals surface area (Å²) >= 11 is 4.82. The molecule has 0 aliphatic heterocycles. The van der Waals surface area contributed by atoms with Crippen molar-refractivity contribution >= 4 is 28.9 Å². The van der Waals surface area contributed by atoms with E-state index in [1.54, 1.807) is 31.4 Å². The molecule has 0 bridgehead atoms. The van der Waals surface area contributed by atoms with Crippen LogP contribution in [0.15, 0.2) is 24.3 Å². The number of amides is 2. The van der Waals surface area contributed by atoms with E-state index in [1.807, 2.05) is 6.92 Å². The lowest BCUT2D eigenvalue weighted by atomic mass is 10.2. The molecular formula is C12H17N3O2S. The predicted octanol–water partition coefficient (Wildman–Crippen LogP) is 1.74. The fourth-order valence-corrected chi connectivity index (χ4v) is 1.28. The number of carbonyl (C=O) groups excluding carboxylic acids is 1. The molecule has 1 rings (SSSR count). The Balaban J connectivity index is 2.42. The summed E-state index contributed by atoms with van der Waals surface area (Å²) in [6.45, 7) is 2.27. The highest BCUT2D eigenvalue weighted by Crippen LogP contribution is 2.14. The van der Waals surface area contributed by atoms with E-state index >= 15 is 0 Å². The quantitative estimate of drug-likeness (QED) is 0.710. The molecule has 1 aromatic rings. The second-order valence-corrected chi connectivity index (χ2v) is 4.34. The minimum absolute atomic E-state index is 0.0263. The van der Waals surface area contributed by atoms with Gasteiger partial charge < -0.3 is 21.1 Å². The Morgan fingerprint density at radius 1 is 1.44 bits per heavy atom. The number of nitrogens with one attached hydrogen (secondary N) is 2. The van der Waals surface area contributed by atoms with Gasteiger partial charge in [0.1, 0.15) is 5.75 Å². The van der Waals surface area contributed by atoms with Gasteiger partial charge in [-0.1, -0.05) is 19.1 Å². The van der Waals surface area contributed by atoms with Gasteiger partial charge in [-0.2, -0.15) is 0 Å². The molecule has 0 fully saturated rings. The molecule has 6 heteroatoms. The summed E-state index contributed by atoms with van der Waals surface area (Å²) < 4.78 is 5.02. The van der Waals surface area contributed by atoms with Crippen molar-refractivity contribution in [2.24, 2.45) is 11.7 Å². The fourth-order valence-electron chi connectivity index (χ4n) is 1.20. The molecule has 1 aromatic carbocycles. The van der Waals surface area contributed by atoms with Gasteiger partial charge in [0.25, 0.3) is 0 Å². The number of urea groups is 1. The number of rotatable bonds is 5. The van der Waals surface area contributed by atoms with E-state index in [9.17, 15) is 4.79 Å². The Kier molecular flexibility index (Phi) is 5.38. The standard InChI is InChI=1S/C12H17N3O2S/c1-8(11(13)18)7-14-12(16)15-9-3-5-10(17-2)6-4-9/h3-6,8H,7H2,1-2H3,(H2,13,18)(H2,14,15,16). The molecule has 5 nitrogen and oxygen atoms in total. The maximum atomic E-state index is 11.6. The summed E-state index contributed by atoms with van der Waals surface area (Å²) in [4.78, 5) is 11.9. The zero-order chi connectivity index (χ0) is 13.5. The Labute approximate surface area is 112 Å². The van der Waals surface area contributed by atoms with Gasteiger partial charge in [-0.15, -0.1) is 0 Å². The smallest absolute Gasteiger partial charge is 0.319 e. The first-order valence-corrected chi connectivity index (χ1v) is 5.92. The number of anilines is 1. The lowest BCUT2D eigenvalue weighted by Gasteiger charge is -2.12. The first kappa shape index (κ1) is 14.2. The van der Waals surface area contributed by atoms with Crippen molar-refractivity contribution in [1.29, 1.82) is 0 Å². The molecule has 0 aromatic heterocycles. The zero-order valence-corrected chi connectivity index (χ0v) is 11.2. The Morgan fingerprint density at radius 2 is 2.06 bits per heavy atom. The van der Waals surface area contributed by atoms with E-state index in [0.29, 0.717) is 17.2 Å². The molecule has 0 radical (unpaired) electrons. The second-order valence-electron chi connectivity index (χ2n) is 3.87. The SMILES string of the molecule is COc1ccc(NC(=O)NCC(C)C(N)=S)cc1. The monoisotopic (exact) mass is 267 g/mol. The molecule has 98 valence electrons. The van der Waals surface area contributed by atoms with Crippen LogP contribution in [0.1, 0.15) is 6.92 Å². The van der Waals surface area contributed by atoms with Crippen LogP contribution in [0.2, 0.25) is 0 Å². The molecule has 1 unspecified atom stereocenters. The minimum Gasteiger partial charge on any atom is -0.497 e. The molecule has 0 aliphatic carbocycles. The largest absolute Gasteiger partial charge is 0.497 e. The molecular weight excluding hydrogens is 250 g/mol. The van der Waals surface area contributed by atoms with Crippen LogP contribution in [0.3, 0.4) is 0 Å². The third-order valence-corrected chi connectivity index (χ3v) is 2.80. The lowest BCUT2D eigenvalue weighted by Crippen LogP contribution is -2.36. The van der Waals surface area contributed by atoms with E-state index < -0.39 is 0 Å². The number of methoxy groups -OCH3 is 1. The number of thiocarbonyl (C=S) groups is 1. The van der Waals surface area contributed by atoms with Crippen molar-refractivity contribution in [3.05, 3.63) is 24.3 Å². The van der Waals surface area contributed by atoms with Crippen LogP contribution >= 0.6 is 12.2 Å². The van der Waals surface area contributed by atoms with Gasteiger partial charge in [0, 0.05) is 18.2 Å². The molecule has 0 saturated heterocycles. The van der Waals surface area contributed by atoms with Gasteiger partial charge in [-0.25, -0.2) is 4.79 Å². The normalized spacial score (nSPS) is 11.4. The van der Waals surface area contributed by atoms with Gasteiger partial charge in [0.05, 0.1) is 12.1 Å². The van der Waals surface area contributed by atoms with E-state index in [1.165, 1.54) is 0 Å². The van der Waals surface area contributed by atoms with Gasteiger partial charge in [-0.05, 0) is 24.3 Å². The van der Waals surface area contributed by atoms with Gasteiger partial charge in [0.2, 0.25) is 0 Å². The maximum absolute atomic E-state index is 11.6. The van der Waals surface area contributed by atoms with Gasteiger partial charge in [-0.3, -0.25) is 0 Å². The first-order valence-electron chi connectivity index (χ1n) is 5.51. The van der Waals surface area contributed by atoms with Gasteiger partial charge in [0.15, 0.2) is 0 Å². The van der Waals surface area contributed by atoms with Crippen LogP contribution in [-0.2, 0) is 0 Å². The summed E-state index contributed by atoms with van der Waals surface area (Å²) in [5.41, 5.74) is 6.14. The number of carbonyl (C=O) groups is 1. The van der Waals surface area contributed by atoms with Crippen LogP contribution in [0, 0.1) is 5.92 Å². The highest BCUT2D eigenvalue weighted by atomic mass is 32.1. The van der Waals surface area contributed by atoms with Crippen LogP contribution in [0.25, 0.3) is 0 Å². The van der Waals surface area contributed by atoms with Crippen molar-refractivity contribution in [3.8, 4) is 5.75 Å². The molecule has 0 saturated carbocycles. The Bertz CT molecular complexity index is 420. The van der Waals surface area contributed by atoms with Crippen LogP contribution in [0.4, 0.5) is 10.5 Å². The summed E-state index contributed by atoms with van der Waals surface area (Å²) in [5, 5.41) is 5.39. The number of nitrogens with two attached hydrogens (primary N) is 1. The molecule has 4 N–H and O–H groups in total. The average molecular weight is 267 g/mol. The van der Waals surface area contributed by atoms with Crippen LogP contribution in [-0.4, -0.2) is 24.7 Å². The third kappa shape index (κ3) is 4.58. The third-order valence-electron chi connectivity index (χ3n) is 2.40. The highest BCUT2D eigenvalue weighted by Gasteiger charge is 2.07. The number of hydrogen-bond acceptors (Lipinski definition) is 3. The molecule has 1 atom stereocenters. The van der Waals surface area contributed by atoms with Crippen molar-refractivity contribution in [2.75, 3.05) is 19.0 Å². The van der Waals surface area contributed by atoms with Crippen molar-refractivity contribution < 1.29 is 9.53 Å². The van der Waals surface area contributed by atoms with Crippen molar-refractivity contribution in [2.45, 2.75) is 6.92 Å². The van der Waals surface area contributed by atoms with E-state index in [0.717, 1.165) is 5.75 Å². The lowest BCUT2D eigenvalue weighted by molar-refractivity contribution is 0.251. The molecule has 2 amide bonds. The predicted molar refractivity (Wildman–Crippen MR) is 76.0 cm³/mol. The number of hydrogen-bond donors (Lipinski definition) is 3. The van der Waals surface area contributed by atoms with Crippen molar-refractivity contribution in [1.82, 2.24) is 5.32 Å². The highest BCUT2D eigenvalue weighted by molar-refractivity contribution is 7.80. The van der Waals surface area contributed by atoms with E-state index in [4.69, 9.17) is 22.7 Å². The van der Waals surface area contributed by atoms with E-state index in [-0.39, 0.29) is 11.9 Å². The van der Waals surface area contributed by atoms with E-state index in [2.05, 4.69) is 10.6 Å². The minimum atomic E-state index is -0.289. The summed E-state index contributed by atoms with van der Waals surface area (Å²) in [6.07, 6.45) is 0. The fraction of sp³-hybridized carbons (Fsp3) is 0.333. The molecule has 18 heavy (non-hydrogen) atoms. The molecule has 0 spiro atoms. The van der Waals surface area contributed by atoms with Crippen LogP contribution in [0.5, 0.6) is 5.75 Å². The summed E-state index contributed by atoms with van der Waals surface area (Å²) in [7, 11) is 1.59. The number of benzene rings is 1. The van der Waals surface area contributed by atoms with Crippen molar-refractivity contribution in [3.63, 3.8) is 0 Å². The second kappa shape index (κ2) is 6.80. The average Bonchev–Trinajstić information content (AvgIpc) is 2.36. The molecule has 0 aliphatic rings. The summed E-state index contributed by atoms with van der Waals surface area (Å²) in [5.74, 6) is 0.713. The number of ether oxygens (including phenoxy) is 1. The van der Waals surface area contributed by atoms with Gasteiger partial charge >= 0.3 is 6.03 Å².